The number of hydrogen-bond acceptors (Lipinski definition) is 4. The summed E-state index contributed by atoms with van der Waals surface area (Å²) in [5.41, 5.74) is 1.19. The lowest BCUT2D eigenvalue weighted by Crippen LogP contribution is -2.49. The molecule has 0 bridgehead atoms. The number of H-pyrrole nitrogens is 1. The van der Waals surface area contributed by atoms with Crippen LogP contribution in [0, 0.1) is 6.92 Å². The molecule has 1 aliphatic rings. The van der Waals surface area contributed by atoms with Gasteiger partial charge in [0.05, 0.1) is 34.8 Å². The number of nitrogens with one attached hydrogen (secondary N) is 2. The Bertz CT molecular complexity index is 1290. The van der Waals surface area contributed by atoms with Gasteiger partial charge < -0.3 is 15.0 Å². The average Bonchev–Trinajstić information content (AvgIpc) is 3.36. The van der Waals surface area contributed by atoms with Gasteiger partial charge in [-0.05, 0) is 48.7 Å². The summed E-state index contributed by atoms with van der Waals surface area (Å²) in [5.74, 6) is -1.03. The van der Waals surface area contributed by atoms with Crippen LogP contribution in [0.15, 0.2) is 36.4 Å². The van der Waals surface area contributed by atoms with Gasteiger partial charge >= 0.3 is 12.1 Å². The van der Waals surface area contributed by atoms with E-state index in [2.05, 4.69) is 10.3 Å². The molecule has 0 aliphatic carbocycles. The molecule has 4 rings (SSSR count). The Balaban J connectivity index is 1.70. The molecule has 2 aromatic carbocycles. The van der Waals surface area contributed by atoms with Crippen molar-refractivity contribution < 1.29 is 27.5 Å². The number of nitrogens with zero attached hydrogens (tertiary/aromatic N) is 1. The first-order chi connectivity index (χ1) is 16.4. The SMILES string of the molecule is COC(=O)c1ccc(C2(NC(=O)c3[nH]c4ccc(Cl)c(Cl)c4c3C)CCN(CC(F)(F)F)C2)cc1. The zero-order valence-corrected chi connectivity index (χ0v) is 20.4. The second-order valence-corrected chi connectivity index (χ2v) is 9.38. The molecule has 35 heavy (non-hydrogen) atoms. The Hall–Kier alpha value is -2.75. The van der Waals surface area contributed by atoms with E-state index in [9.17, 15) is 22.8 Å². The number of likely N-dealkylation sites (tertiary alicyclic amines) is 1. The molecule has 1 aromatic heterocycles. The Kier molecular flexibility index (Phi) is 6.78. The number of aryl methyl sites for hydroxylation is 1. The first-order valence-corrected chi connectivity index (χ1v) is 11.5. The van der Waals surface area contributed by atoms with E-state index in [0.717, 1.165) is 0 Å². The third kappa shape index (κ3) is 4.98. The molecular weight excluding hydrogens is 506 g/mol. The quantitative estimate of drug-likeness (QED) is 0.432. The van der Waals surface area contributed by atoms with E-state index in [1.807, 2.05) is 0 Å². The fourth-order valence-corrected chi connectivity index (χ4v) is 5.08. The smallest absolute Gasteiger partial charge is 0.401 e. The molecule has 2 heterocycles. The topological polar surface area (TPSA) is 74.4 Å². The molecule has 0 spiro atoms. The molecule has 1 aliphatic heterocycles. The Morgan fingerprint density at radius 3 is 2.49 bits per heavy atom. The van der Waals surface area contributed by atoms with Crippen LogP contribution in [0.4, 0.5) is 13.2 Å². The number of carbonyl (C=O) groups excluding carboxylic acids is 2. The van der Waals surface area contributed by atoms with Gasteiger partial charge in [0.25, 0.3) is 5.91 Å². The molecular formula is C24H22Cl2F3N3O3. The van der Waals surface area contributed by atoms with Crippen LogP contribution >= 0.6 is 23.2 Å². The second kappa shape index (κ2) is 9.37. The summed E-state index contributed by atoms with van der Waals surface area (Å²) >= 11 is 12.5. The first-order valence-electron chi connectivity index (χ1n) is 10.7. The van der Waals surface area contributed by atoms with Crippen LogP contribution in [0.1, 0.15) is 38.4 Å². The van der Waals surface area contributed by atoms with Gasteiger partial charge in [0.15, 0.2) is 0 Å². The number of amides is 1. The van der Waals surface area contributed by atoms with Gasteiger partial charge in [-0.15, -0.1) is 0 Å². The summed E-state index contributed by atoms with van der Waals surface area (Å²) in [4.78, 5) is 29.6. The van der Waals surface area contributed by atoms with Crippen LogP contribution in [0.5, 0.6) is 0 Å². The highest BCUT2D eigenvalue weighted by Crippen LogP contribution is 2.37. The normalized spacial score (nSPS) is 18.7. The number of hydrogen-bond donors (Lipinski definition) is 2. The van der Waals surface area contributed by atoms with Crippen molar-refractivity contribution in [3.05, 3.63) is 68.8 Å². The molecule has 0 saturated carbocycles. The van der Waals surface area contributed by atoms with Crippen LogP contribution in [-0.4, -0.2) is 54.7 Å². The van der Waals surface area contributed by atoms with Crippen molar-refractivity contribution in [1.82, 2.24) is 15.2 Å². The molecule has 1 amide bonds. The van der Waals surface area contributed by atoms with Crippen LogP contribution in [0.25, 0.3) is 10.9 Å². The zero-order valence-electron chi connectivity index (χ0n) is 18.9. The number of benzene rings is 2. The number of alkyl halides is 3. The van der Waals surface area contributed by atoms with Gasteiger partial charge in [-0.1, -0.05) is 35.3 Å². The summed E-state index contributed by atoms with van der Waals surface area (Å²) in [6.45, 7) is 0.704. The third-order valence-electron chi connectivity index (χ3n) is 6.29. The van der Waals surface area contributed by atoms with Gasteiger partial charge in [-0.25, -0.2) is 4.79 Å². The van der Waals surface area contributed by atoms with E-state index in [4.69, 9.17) is 27.9 Å². The van der Waals surface area contributed by atoms with Gasteiger partial charge in [-0.3, -0.25) is 9.69 Å². The second-order valence-electron chi connectivity index (χ2n) is 8.59. The van der Waals surface area contributed by atoms with E-state index in [0.29, 0.717) is 37.6 Å². The lowest BCUT2D eigenvalue weighted by atomic mass is 9.88. The van der Waals surface area contributed by atoms with E-state index >= 15 is 0 Å². The molecule has 1 fully saturated rings. The summed E-state index contributed by atoms with van der Waals surface area (Å²) in [5, 5.41) is 4.22. The number of methoxy groups -OCH3 is 1. The molecule has 11 heteroatoms. The van der Waals surface area contributed by atoms with Crippen LogP contribution < -0.4 is 5.32 Å². The van der Waals surface area contributed by atoms with Crippen molar-refractivity contribution >= 4 is 46.0 Å². The van der Waals surface area contributed by atoms with Gasteiger partial charge in [0.2, 0.25) is 0 Å². The molecule has 186 valence electrons. The molecule has 1 atom stereocenters. The average molecular weight is 528 g/mol. The van der Waals surface area contributed by atoms with Crippen molar-refractivity contribution in [2.24, 2.45) is 0 Å². The van der Waals surface area contributed by atoms with Crippen molar-refractivity contribution in [1.29, 1.82) is 0 Å². The third-order valence-corrected chi connectivity index (χ3v) is 7.10. The first kappa shape index (κ1) is 25.3. The molecule has 6 nitrogen and oxygen atoms in total. The van der Waals surface area contributed by atoms with Gasteiger partial charge in [-0.2, -0.15) is 13.2 Å². The highest BCUT2D eigenvalue weighted by molar-refractivity contribution is 6.45. The van der Waals surface area contributed by atoms with E-state index in [-0.39, 0.29) is 25.2 Å². The predicted molar refractivity (Wildman–Crippen MR) is 127 cm³/mol. The minimum absolute atomic E-state index is 0.0539. The molecule has 2 N–H and O–H groups in total. The van der Waals surface area contributed by atoms with Crippen LogP contribution in [0.3, 0.4) is 0 Å². The summed E-state index contributed by atoms with van der Waals surface area (Å²) in [7, 11) is 1.26. The maximum absolute atomic E-state index is 13.4. The fraction of sp³-hybridized carbons (Fsp3) is 0.333. The predicted octanol–water partition coefficient (Wildman–Crippen LogP) is 5.46. The number of aromatic amines is 1. The Morgan fingerprint density at radius 1 is 1.17 bits per heavy atom. The monoisotopic (exact) mass is 527 g/mol. The van der Waals surface area contributed by atoms with E-state index < -0.39 is 30.1 Å². The lowest BCUT2D eigenvalue weighted by molar-refractivity contribution is -0.144. The minimum Gasteiger partial charge on any atom is -0.465 e. The summed E-state index contributed by atoms with van der Waals surface area (Å²) in [6, 6.07) is 9.61. The Labute approximate surface area is 209 Å². The fourth-order valence-electron chi connectivity index (χ4n) is 4.61. The van der Waals surface area contributed by atoms with Crippen LogP contribution in [0.2, 0.25) is 10.0 Å². The van der Waals surface area contributed by atoms with E-state index in [1.54, 1.807) is 31.2 Å². The number of esters is 1. The standard InChI is InChI=1S/C24H22Cl2F3N3O3/c1-13-18-17(8-7-16(25)19(18)26)30-20(13)21(33)31-23(9-10-32(11-23)12-24(27,28)29)15-5-3-14(4-6-15)22(34)35-2/h3-8,30H,9-12H2,1-2H3,(H,31,33). The summed E-state index contributed by atoms with van der Waals surface area (Å²) in [6.07, 6.45) is -4.13. The summed E-state index contributed by atoms with van der Waals surface area (Å²) < 4.78 is 44.0. The number of halogens is 5. The highest BCUT2D eigenvalue weighted by atomic mass is 35.5. The highest BCUT2D eigenvalue weighted by Gasteiger charge is 2.44. The molecule has 1 saturated heterocycles. The maximum Gasteiger partial charge on any atom is 0.401 e. The molecule has 1 unspecified atom stereocenters. The van der Waals surface area contributed by atoms with Crippen molar-refractivity contribution in [2.75, 3.05) is 26.7 Å². The number of carbonyl (C=O) groups is 2. The lowest BCUT2D eigenvalue weighted by Gasteiger charge is -2.32. The van der Waals surface area contributed by atoms with Crippen molar-refractivity contribution in [3.8, 4) is 0 Å². The molecule has 3 aromatic rings. The number of fused-ring (bicyclic) bond motifs is 1. The van der Waals surface area contributed by atoms with Crippen molar-refractivity contribution in [2.45, 2.75) is 25.1 Å². The zero-order chi connectivity index (χ0) is 25.5. The van der Waals surface area contributed by atoms with Crippen molar-refractivity contribution in [3.63, 3.8) is 0 Å². The Morgan fingerprint density at radius 2 is 1.86 bits per heavy atom. The van der Waals surface area contributed by atoms with E-state index in [1.165, 1.54) is 24.1 Å². The molecule has 0 radical (unpaired) electrons. The minimum atomic E-state index is -4.38. The van der Waals surface area contributed by atoms with Gasteiger partial charge in [0, 0.05) is 24.0 Å². The van der Waals surface area contributed by atoms with Gasteiger partial charge in [0.1, 0.15) is 5.69 Å². The number of rotatable bonds is 5. The maximum atomic E-state index is 13.4. The number of aromatic nitrogens is 1. The largest absolute Gasteiger partial charge is 0.465 e. The van der Waals surface area contributed by atoms with Crippen LogP contribution in [-0.2, 0) is 10.3 Å². The number of ether oxygens (including phenoxy) is 1.